The van der Waals surface area contributed by atoms with Gasteiger partial charge in [-0.05, 0) is 29.8 Å². The van der Waals surface area contributed by atoms with Crippen LogP contribution in [0, 0.1) is 0 Å². The van der Waals surface area contributed by atoms with Crippen LogP contribution in [0.25, 0.3) is 0 Å². The van der Waals surface area contributed by atoms with Gasteiger partial charge in [-0.3, -0.25) is 0 Å². The van der Waals surface area contributed by atoms with E-state index in [1.807, 2.05) is 6.92 Å². The molecular formula is C10H17BrN4O2. The molecule has 0 bridgehead atoms. The fourth-order valence-electron chi connectivity index (χ4n) is 1.11. The van der Waals surface area contributed by atoms with E-state index >= 15 is 0 Å². The smallest absolute Gasteiger partial charge is 0.224 e. The van der Waals surface area contributed by atoms with E-state index in [4.69, 9.17) is 0 Å². The van der Waals surface area contributed by atoms with Crippen LogP contribution < -0.4 is 10.6 Å². The second kappa shape index (κ2) is 6.13. The maximum Gasteiger partial charge on any atom is 0.224 e. The van der Waals surface area contributed by atoms with Crippen LogP contribution in [-0.2, 0) is 0 Å². The standard InChI is InChI=1S/C10H17BrN4O2/c1-3-12-9-13-4-7(11)8(14-9)15-10(2,5-16)6-17/h4,16-17H,3,5-6H2,1-2H3,(H2,12,13,14,15). The van der Waals surface area contributed by atoms with Gasteiger partial charge in [-0.25, -0.2) is 4.98 Å². The summed E-state index contributed by atoms with van der Waals surface area (Å²) >= 11 is 3.31. The van der Waals surface area contributed by atoms with Crippen molar-refractivity contribution < 1.29 is 10.2 Å². The number of nitrogens with one attached hydrogen (secondary N) is 2. The van der Waals surface area contributed by atoms with Crippen molar-refractivity contribution in [3.05, 3.63) is 10.7 Å². The van der Waals surface area contributed by atoms with Crippen LogP contribution in [0.2, 0.25) is 0 Å². The Balaban J connectivity index is 2.92. The SMILES string of the molecule is CCNc1ncc(Br)c(NC(C)(CO)CO)n1. The number of halogens is 1. The summed E-state index contributed by atoms with van der Waals surface area (Å²) in [5, 5.41) is 24.4. The van der Waals surface area contributed by atoms with Crippen molar-refractivity contribution in [2.75, 3.05) is 30.4 Å². The summed E-state index contributed by atoms with van der Waals surface area (Å²) in [6.07, 6.45) is 1.61. The molecule has 1 heterocycles. The van der Waals surface area contributed by atoms with E-state index in [1.165, 1.54) is 0 Å². The molecular weight excluding hydrogens is 288 g/mol. The third kappa shape index (κ3) is 3.79. The van der Waals surface area contributed by atoms with Gasteiger partial charge >= 0.3 is 0 Å². The lowest BCUT2D eigenvalue weighted by atomic mass is 10.1. The Bertz CT molecular complexity index is 371. The predicted octanol–water partition coefficient (Wildman–Crippen LogP) is 0.826. The van der Waals surface area contributed by atoms with Crippen molar-refractivity contribution in [2.24, 2.45) is 0 Å². The molecule has 17 heavy (non-hydrogen) atoms. The van der Waals surface area contributed by atoms with Crippen molar-refractivity contribution in [3.63, 3.8) is 0 Å². The predicted molar refractivity (Wildman–Crippen MR) is 70.1 cm³/mol. The Morgan fingerprint density at radius 3 is 2.59 bits per heavy atom. The Morgan fingerprint density at radius 1 is 1.41 bits per heavy atom. The van der Waals surface area contributed by atoms with Gasteiger partial charge in [-0.1, -0.05) is 0 Å². The van der Waals surface area contributed by atoms with E-state index in [0.717, 1.165) is 6.54 Å². The molecule has 0 saturated carbocycles. The first-order valence-electron chi connectivity index (χ1n) is 5.31. The Labute approximate surface area is 109 Å². The molecule has 0 aliphatic heterocycles. The summed E-state index contributed by atoms with van der Waals surface area (Å²) in [4.78, 5) is 8.32. The van der Waals surface area contributed by atoms with Gasteiger partial charge in [0, 0.05) is 12.7 Å². The number of anilines is 2. The fraction of sp³-hybridized carbons (Fsp3) is 0.600. The molecule has 0 radical (unpaired) electrons. The van der Waals surface area contributed by atoms with Crippen LogP contribution in [0.15, 0.2) is 10.7 Å². The van der Waals surface area contributed by atoms with Crippen LogP contribution in [-0.4, -0.2) is 45.5 Å². The Kier molecular flexibility index (Phi) is 5.10. The van der Waals surface area contributed by atoms with Crippen LogP contribution >= 0.6 is 15.9 Å². The highest BCUT2D eigenvalue weighted by molar-refractivity contribution is 9.10. The molecule has 4 N–H and O–H groups in total. The quantitative estimate of drug-likeness (QED) is 0.622. The number of aliphatic hydroxyl groups excluding tert-OH is 2. The van der Waals surface area contributed by atoms with Crippen molar-refractivity contribution in [1.29, 1.82) is 0 Å². The largest absolute Gasteiger partial charge is 0.394 e. The topological polar surface area (TPSA) is 90.3 Å². The molecule has 0 aliphatic carbocycles. The van der Waals surface area contributed by atoms with Gasteiger partial charge in [0.05, 0.1) is 23.2 Å². The number of aliphatic hydroxyl groups is 2. The fourth-order valence-corrected chi connectivity index (χ4v) is 1.40. The molecule has 0 fully saturated rings. The number of nitrogens with zero attached hydrogens (tertiary/aromatic N) is 2. The lowest BCUT2D eigenvalue weighted by Gasteiger charge is -2.27. The molecule has 1 rings (SSSR count). The van der Waals surface area contributed by atoms with E-state index in [-0.39, 0.29) is 13.2 Å². The maximum absolute atomic E-state index is 9.21. The second-order valence-corrected chi connectivity index (χ2v) is 4.78. The maximum atomic E-state index is 9.21. The molecule has 0 atom stereocenters. The van der Waals surface area contributed by atoms with E-state index in [1.54, 1.807) is 13.1 Å². The molecule has 0 aromatic carbocycles. The van der Waals surface area contributed by atoms with Gasteiger partial charge in [0.2, 0.25) is 5.95 Å². The minimum Gasteiger partial charge on any atom is -0.394 e. The van der Waals surface area contributed by atoms with Gasteiger partial charge < -0.3 is 20.8 Å². The molecule has 0 saturated heterocycles. The molecule has 0 aliphatic rings. The summed E-state index contributed by atoms with van der Waals surface area (Å²) in [6, 6.07) is 0. The zero-order chi connectivity index (χ0) is 12.9. The van der Waals surface area contributed by atoms with Crippen LogP contribution in [0.1, 0.15) is 13.8 Å². The number of rotatable bonds is 6. The highest BCUT2D eigenvalue weighted by Gasteiger charge is 2.23. The zero-order valence-corrected chi connectivity index (χ0v) is 11.5. The third-order valence-corrected chi connectivity index (χ3v) is 2.78. The lowest BCUT2D eigenvalue weighted by Crippen LogP contribution is -2.43. The second-order valence-electron chi connectivity index (χ2n) is 3.92. The first-order chi connectivity index (χ1) is 8.04. The minimum atomic E-state index is -0.819. The molecule has 1 aromatic heterocycles. The third-order valence-electron chi connectivity index (χ3n) is 2.20. The molecule has 0 amide bonds. The van der Waals surface area contributed by atoms with Crippen molar-refractivity contribution in [2.45, 2.75) is 19.4 Å². The average Bonchev–Trinajstić information content (AvgIpc) is 2.33. The molecule has 0 spiro atoms. The zero-order valence-electron chi connectivity index (χ0n) is 9.87. The Hall–Kier alpha value is -0.920. The summed E-state index contributed by atoms with van der Waals surface area (Å²) in [5.74, 6) is 1.03. The van der Waals surface area contributed by atoms with E-state index in [9.17, 15) is 10.2 Å². The molecule has 7 heteroatoms. The summed E-state index contributed by atoms with van der Waals surface area (Å²) in [5.41, 5.74) is -0.819. The number of aromatic nitrogens is 2. The number of hydrogen-bond donors (Lipinski definition) is 4. The van der Waals surface area contributed by atoms with E-state index in [2.05, 4.69) is 36.5 Å². The summed E-state index contributed by atoms with van der Waals surface area (Å²) < 4.78 is 0.673. The van der Waals surface area contributed by atoms with Crippen LogP contribution in [0.5, 0.6) is 0 Å². The van der Waals surface area contributed by atoms with Gasteiger partial charge in [0.25, 0.3) is 0 Å². The molecule has 0 unspecified atom stereocenters. The minimum absolute atomic E-state index is 0.198. The molecule has 96 valence electrons. The first kappa shape index (κ1) is 14.1. The van der Waals surface area contributed by atoms with Crippen LogP contribution in [0.3, 0.4) is 0 Å². The number of hydrogen-bond acceptors (Lipinski definition) is 6. The van der Waals surface area contributed by atoms with Gasteiger partial charge in [0.1, 0.15) is 5.82 Å². The van der Waals surface area contributed by atoms with Gasteiger partial charge in [0.15, 0.2) is 0 Å². The normalized spacial score (nSPS) is 11.4. The highest BCUT2D eigenvalue weighted by Crippen LogP contribution is 2.23. The monoisotopic (exact) mass is 304 g/mol. The highest BCUT2D eigenvalue weighted by atomic mass is 79.9. The lowest BCUT2D eigenvalue weighted by molar-refractivity contribution is 0.147. The van der Waals surface area contributed by atoms with Gasteiger partial charge in [-0.2, -0.15) is 4.98 Å². The van der Waals surface area contributed by atoms with Gasteiger partial charge in [-0.15, -0.1) is 0 Å². The first-order valence-corrected chi connectivity index (χ1v) is 6.10. The summed E-state index contributed by atoms with van der Waals surface area (Å²) in [6.45, 7) is 3.98. The van der Waals surface area contributed by atoms with E-state index < -0.39 is 5.54 Å². The van der Waals surface area contributed by atoms with E-state index in [0.29, 0.717) is 16.2 Å². The average molecular weight is 305 g/mol. The van der Waals surface area contributed by atoms with Crippen LogP contribution in [0.4, 0.5) is 11.8 Å². The molecule has 6 nitrogen and oxygen atoms in total. The van der Waals surface area contributed by atoms with Crippen molar-refractivity contribution in [1.82, 2.24) is 9.97 Å². The van der Waals surface area contributed by atoms with Crippen molar-refractivity contribution >= 4 is 27.7 Å². The Morgan fingerprint density at radius 2 is 2.06 bits per heavy atom. The van der Waals surface area contributed by atoms with Crippen molar-refractivity contribution in [3.8, 4) is 0 Å². The molecule has 1 aromatic rings. The summed E-state index contributed by atoms with van der Waals surface area (Å²) in [7, 11) is 0.